The van der Waals surface area contributed by atoms with Gasteiger partial charge in [0, 0.05) is 29.2 Å². The molecule has 0 aliphatic rings. The maximum Gasteiger partial charge on any atom is 0.272 e. The summed E-state index contributed by atoms with van der Waals surface area (Å²) in [4.78, 5) is 21.2. The summed E-state index contributed by atoms with van der Waals surface area (Å²) in [5.74, 6) is -0.209. The first kappa shape index (κ1) is 19.0. The normalized spacial score (nSPS) is 12.3. The molecule has 4 rings (SSSR count). The molecule has 1 atom stereocenters. The Morgan fingerprint density at radius 1 is 1.10 bits per heavy atom. The maximum absolute atomic E-state index is 13.6. The number of hydrogen-bond donors (Lipinski definition) is 1. The fourth-order valence-corrected chi connectivity index (χ4v) is 3.29. The SMILES string of the molecule is O=C(NC(c1cccnc1)C(F)F)c1nc(-c2cccc(Cl)c2)n2ccccc12. The van der Waals surface area contributed by atoms with Gasteiger partial charge < -0.3 is 5.32 Å². The van der Waals surface area contributed by atoms with E-state index in [0.29, 0.717) is 21.9 Å². The fraction of sp³-hybridized carbons (Fsp3) is 0.0952. The van der Waals surface area contributed by atoms with Crippen molar-refractivity contribution in [1.29, 1.82) is 0 Å². The Hall–Kier alpha value is -3.32. The molecule has 4 aromatic rings. The van der Waals surface area contributed by atoms with Crippen molar-refractivity contribution in [3.63, 3.8) is 0 Å². The minimum atomic E-state index is -2.80. The zero-order chi connectivity index (χ0) is 20.4. The van der Waals surface area contributed by atoms with E-state index in [9.17, 15) is 13.6 Å². The number of pyridine rings is 2. The van der Waals surface area contributed by atoms with Crippen molar-refractivity contribution in [1.82, 2.24) is 19.7 Å². The molecule has 3 heterocycles. The van der Waals surface area contributed by atoms with Crippen LogP contribution in [0.25, 0.3) is 16.9 Å². The van der Waals surface area contributed by atoms with Crippen molar-refractivity contribution in [2.45, 2.75) is 12.5 Å². The van der Waals surface area contributed by atoms with Crippen LogP contribution in [0, 0.1) is 0 Å². The van der Waals surface area contributed by atoms with Crippen LogP contribution < -0.4 is 5.32 Å². The Kier molecular flexibility index (Phi) is 5.22. The van der Waals surface area contributed by atoms with Crippen molar-refractivity contribution in [2.24, 2.45) is 0 Å². The van der Waals surface area contributed by atoms with Crippen LogP contribution in [0.15, 0.2) is 73.2 Å². The highest BCUT2D eigenvalue weighted by atomic mass is 35.5. The van der Waals surface area contributed by atoms with E-state index < -0.39 is 18.4 Å². The lowest BCUT2D eigenvalue weighted by atomic mass is 10.1. The Bertz CT molecular complexity index is 1160. The van der Waals surface area contributed by atoms with Gasteiger partial charge in [-0.05, 0) is 35.9 Å². The van der Waals surface area contributed by atoms with Gasteiger partial charge in [-0.2, -0.15) is 0 Å². The highest BCUT2D eigenvalue weighted by Gasteiger charge is 2.27. The molecule has 0 bridgehead atoms. The first-order valence-electron chi connectivity index (χ1n) is 8.76. The van der Waals surface area contributed by atoms with Gasteiger partial charge in [0.1, 0.15) is 11.9 Å². The third kappa shape index (κ3) is 3.82. The molecule has 0 aliphatic heterocycles. The van der Waals surface area contributed by atoms with E-state index in [1.807, 2.05) is 6.07 Å². The van der Waals surface area contributed by atoms with Gasteiger partial charge in [0.25, 0.3) is 12.3 Å². The summed E-state index contributed by atoms with van der Waals surface area (Å²) in [6.45, 7) is 0. The van der Waals surface area contributed by atoms with E-state index >= 15 is 0 Å². The van der Waals surface area contributed by atoms with Crippen LogP contribution in [-0.2, 0) is 0 Å². The topological polar surface area (TPSA) is 59.3 Å². The highest BCUT2D eigenvalue weighted by Crippen LogP contribution is 2.26. The Morgan fingerprint density at radius 3 is 2.69 bits per heavy atom. The minimum absolute atomic E-state index is 0.0510. The van der Waals surface area contributed by atoms with E-state index in [-0.39, 0.29) is 11.3 Å². The molecule has 0 fully saturated rings. The fourth-order valence-electron chi connectivity index (χ4n) is 3.10. The van der Waals surface area contributed by atoms with Gasteiger partial charge in [0.05, 0.1) is 5.52 Å². The number of imidazole rings is 1. The first-order chi connectivity index (χ1) is 14.0. The lowest BCUT2D eigenvalue weighted by Crippen LogP contribution is -2.33. The van der Waals surface area contributed by atoms with Crippen molar-refractivity contribution < 1.29 is 13.6 Å². The number of rotatable bonds is 5. The molecule has 146 valence electrons. The van der Waals surface area contributed by atoms with Crippen LogP contribution >= 0.6 is 11.6 Å². The summed E-state index contributed by atoms with van der Waals surface area (Å²) in [7, 11) is 0. The van der Waals surface area contributed by atoms with Gasteiger partial charge >= 0.3 is 0 Å². The third-order valence-corrected chi connectivity index (χ3v) is 4.66. The molecule has 1 unspecified atom stereocenters. The van der Waals surface area contributed by atoms with Crippen molar-refractivity contribution in [3.05, 3.63) is 89.5 Å². The van der Waals surface area contributed by atoms with E-state index in [0.717, 1.165) is 0 Å². The third-order valence-electron chi connectivity index (χ3n) is 4.43. The zero-order valence-corrected chi connectivity index (χ0v) is 15.7. The van der Waals surface area contributed by atoms with Gasteiger partial charge in [-0.15, -0.1) is 0 Å². The molecule has 0 saturated carbocycles. The second-order valence-corrected chi connectivity index (χ2v) is 6.76. The molecule has 1 amide bonds. The summed E-state index contributed by atoms with van der Waals surface area (Å²) >= 11 is 6.08. The molecule has 8 heteroatoms. The summed E-state index contributed by atoms with van der Waals surface area (Å²) in [6.07, 6.45) is 1.74. The number of nitrogens with one attached hydrogen (secondary N) is 1. The Balaban J connectivity index is 1.75. The number of carbonyl (C=O) groups is 1. The molecule has 0 radical (unpaired) electrons. The monoisotopic (exact) mass is 412 g/mol. The van der Waals surface area contributed by atoms with E-state index in [2.05, 4.69) is 15.3 Å². The van der Waals surface area contributed by atoms with Gasteiger partial charge in [0.15, 0.2) is 5.69 Å². The van der Waals surface area contributed by atoms with Crippen LogP contribution in [0.1, 0.15) is 22.1 Å². The first-order valence-corrected chi connectivity index (χ1v) is 9.14. The molecule has 1 N–H and O–H groups in total. The quantitative estimate of drug-likeness (QED) is 0.513. The van der Waals surface area contributed by atoms with Crippen LogP contribution in [-0.4, -0.2) is 26.7 Å². The second-order valence-electron chi connectivity index (χ2n) is 6.32. The number of nitrogens with zero attached hydrogens (tertiary/aromatic N) is 3. The smallest absolute Gasteiger partial charge is 0.272 e. The van der Waals surface area contributed by atoms with E-state index in [1.165, 1.54) is 18.5 Å². The van der Waals surface area contributed by atoms with Crippen LogP contribution in [0.4, 0.5) is 8.78 Å². The Morgan fingerprint density at radius 2 is 1.97 bits per heavy atom. The number of alkyl halides is 2. The molecule has 0 aliphatic carbocycles. The van der Waals surface area contributed by atoms with Crippen molar-refractivity contribution in [3.8, 4) is 11.4 Å². The number of amides is 1. The van der Waals surface area contributed by atoms with Crippen LogP contribution in [0.2, 0.25) is 5.02 Å². The number of benzene rings is 1. The molecule has 0 spiro atoms. The molecule has 1 aromatic carbocycles. The molecule has 29 heavy (non-hydrogen) atoms. The number of fused-ring (bicyclic) bond motifs is 1. The lowest BCUT2D eigenvalue weighted by Gasteiger charge is -2.17. The van der Waals surface area contributed by atoms with Crippen molar-refractivity contribution in [2.75, 3.05) is 0 Å². The zero-order valence-electron chi connectivity index (χ0n) is 15.0. The van der Waals surface area contributed by atoms with E-state index in [1.54, 1.807) is 53.1 Å². The Labute approximate surface area is 170 Å². The largest absolute Gasteiger partial charge is 0.338 e. The standard InChI is InChI=1S/C21H15ClF2N4O/c22-15-7-3-5-13(11-15)20-26-18(16-8-1-2-10-28(16)20)21(29)27-17(19(23)24)14-6-4-9-25-12-14/h1-12,17,19H,(H,27,29). The second kappa shape index (κ2) is 7.97. The predicted octanol–water partition coefficient (Wildman–Crippen LogP) is 4.79. The summed E-state index contributed by atoms with van der Waals surface area (Å²) in [5.41, 5.74) is 1.47. The number of halogens is 3. The molecular weight excluding hydrogens is 398 g/mol. The molecule has 0 saturated heterocycles. The van der Waals surface area contributed by atoms with Crippen LogP contribution in [0.5, 0.6) is 0 Å². The number of aromatic nitrogens is 3. The summed E-state index contributed by atoms with van der Waals surface area (Å²) in [5, 5.41) is 2.91. The van der Waals surface area contributed by atoms with Crippen LogP contribution in [0.3, 0.4) is 0 Å². The average molecular weight is 413 g/mol. The number of hydrogen-bond acceptors (Lipinski definition) is 3. The van der Waals surface area contributed by atoms with E-state index in [4.69, 9.17) is 11.6 Å². The van der Waals surface area contributed by atoms with Gasteiger partial charge in [0.2, 0.25) is 0 Å². The average Bonchev–Trinajstić information content (AvgIpc) is 3.12. The molecular formula is C21H15ClF2N4O. The highest BCUT2D eigenvalue weighted by molar-refractivity contribution is 6.30. The predicted molar refractivity (Wildman–Crippen MR) is 106 cm³/mol. The molecule has 5 nitrogen and oxygen atoms in total. The maximum atomic E-state index is 13.6. The molecule has 3 aromatic heterocycles. The van der Waals surface area contributed by atoms with Crippen molar-refractivity contribution >= 4 is 23.0 Å². The number of carbonyl (C=O) groups excluding carboxylic acids is 1. The van der Waals surface area contributed by atoms with Gasteiger partial charge in [-0.3, -0.25) is 14.2 Å². The van der Waals surface area contributed by atoms with Gasteiger partial charge in [-0.1, -0.05) is 35.9 Å². The summed E-state index contributed by atoms with van der Waals surface area (Å²) < 4.78 is 28.9. The van der Waals surface area contributed by atoms with Gasteiger partial charge in [-0.25, -0.2) is 13.8 Å². The summed E-state index contributed by atoms with van der Waals surface area (Å²) in [6, 6.07) is 13.8. The lowest BCUT2D eigenvalue weighted by molar-refractivity contribution is 0.0741. The minimum Gasteiger partial charge on any atom is -0.338 e.